The van der Waals surface area contributed by atoms with Gasteiger partial charge in [-0.15, -0.1) is 10.2 Å². The fourth-order valence-electron chi connectivity index (χ4n) is 2.10. The number of thioether (sulfide) groups is 1. The van der Waals surface area contributed by atoms with Crippen LogP contribution in [0.5, 0.6) is 0 Å². The molecule has 21 heavy (non-hydrogen) atoms. The van der Waals surface area contributed by atoms with Gasteiger partial charge in [0.05, 0.1) is 6.61 Å². The van der Waals surface area contributed by atoms with Crippen molar-refractivity contribution < 1.29 is 9.53 Å². The van der Waals surface area contributed by atoms with Gasteiger partial charge < -0.3 is 10.5 Å². The van der Waals surface area contributed by atoms with Crippen molar-refractivity contribution in [3.8, 4) is 0 Å². The van der Waals surface area contributed by atoms with Crippen LogP contribution in [-0.2, 0) is 9.53 Å². The summed E-state index contributed by atoms with van der Waals surface area (Å²) in [6, 6.07) is 5.74. The molecule has 0 saturated carbocycles. The van der Waals surface area contributed by atoms with Gasteiger partial charge in [0, 0.05) is 11.4 Å². The lowest BCUT2D eigenvalue weighted by Crippen LogP contribution is -2.47. The van der Waals surface area contributed by atoms with E-state index in [2.05, 4.69) is 10.2 Å². The molecule has 2 aromatic rings. The van der Waals surface area contributed by atoms with E-state index in [9.17, 15) is 4.79 Å². The van der Waals surface area contributed by atoms with E-state index in [1.807, 2.05) is 35.7 Å². The number of aromatic nitrogens is 3. The summed E-state index contributed by atoms with van der Waals surface area (Å²) in [6.07, 6.45) is 2.41. The van der Waals surface area contributed by atoms with E-state index in [-0.39, 0.29) is 11.2 Å². The maximum absolute atomic E-state index is 11.8. The predicted molar refractivity (Wildman–Crippen MR) is 82.1 cm³/mol. The second-order valence-corrected chi connectivity index (χ2v) is 6.59. The molecule has 0 aromatic carbocycles. The first kappa shape index (κ1) is 15.8. The third-order valence-corrected chi connectivity index (χ3v) is 4.10. The standard InChI is InChI=1S/C14H20N4O2S/c1-4-20-12(19)14(3,15)9-10(2)21-13-17-16-11-7-5-6-8-18(11)13/h5-8,10H,4,9,15H2,1-3H3. The molecule has 0 saturated heterocycles. The van der Waals surface area contributed by atoms with Gasteiger partial charge in [0.25, 0.3) is 0 Å². The van der Waals surface area contributed by atoms with Gasteiger partial charge in [0.2, 0.25) is 0 Å². The molecular weight excluding hydrogens is 288 g/mol. The number of ether oxygens (including phenoxy) is 1. The molecule has 0 aliphatic rings. The van der Waals surface area contributed by atoms with Crippen LogP contribution in [0.3, 0.4) is 0 Å². The highest BCUT2D eigenvalue weighted by atomic mass is 32.2. The third-order valence-electron chi connectivity index (χ3n) is 3.04. The number of pyridine rings is 1. The SMILES string of the molecule is CCOC(=O)C(C)(N)CC(C)Sc1nnc2ccccn12. The third kappa shape index (κ3) is 3.74. The minimum atomic E-state index is -0.997. The summed E-state index contributed by atoms with van der Waals surface area (Å²) < 4.78 is 6.92. The molecule has 0 aliphatic heterocycles. The Morgan fingerprint density at radius 2 is 2.29 bits per heavy atom. The number of rotatable bonds is 6. The van der Waals surface area contributed by atoms with Crippen molar-refractivity contribution in [1.29, 1.82) is 0 Å². The van der Waals surface area contributed by atoms with Gasteiger partial charge in [-0.05, 0) is 32.4 Å². The van der Waals surface area contributed by atoms with Crippen molar-refractivity contribution in [3.05, 3.63) is 24.4 Å². The zero-order chi connectivity index (χ0) is 15.5. The van der Waals surface area contributed by atoms with Gasteiger partial charge in [-0.2, -0.15) is 0 Å². The van der Waals surface area contributed by atoms with Crippen LogP contribution in [0.2, 0.25) is 0 Å². The number of hydrogen-bond acceptors (Lipinski definition) is 6. The van der Waals surface area contributed by atoms with Crippen LogP contribution in [0.4, 0.5) is 0 Å². The first-order valence-electron chi connectivity index (χ1n) is 6.86. The average molecular weight is 308 g/mol. The monoisotopic (exact) mass is 308 g/mol. The summed E-state index contributed by atoms with van der Waals surface area (Å²) in [4.78, 5) is 11.8. The number of esters is 1. The summed E-state index contributed by atoms with van der Waals surface area (Å²) in [5, 5.41) is 9.17. The Morgan fingerprint density at radius 3 is 3.00 bits per heavy atom. The number of nitrogens with two attached hydrogens (primary N) is 1. The molecule has 0 amide bonds. The quantitative estimate of drug-likeness (QED) is 0.648. The predicted octanol–water partition coefficient (Wildman–Crippen LogP) is 1.88. The second-order valence-electron chi connectivity index (χ2n) is 5.18. The number of nitrogens with zero attached hydrogens (tertiary/aromatic N) is 3. The van der Waals surface area contributed by atoms with Crippen LogP contribution < -0.4 is 5.73 Å². The molecule has 6 nitrogen and oxygen atoms in total. The van der Waals surface area contributed by atoms with Crippen molar-refractivity contribution in [2.45, 2.75) is 43.1 Å². The normalized spacial score (nSPS) is 15.6. The number of fused-ring (bicyclic) bond motifs is 1. The maximum Gasteiger partial charge on any atom is 0.325 e. The maximum atomic E-state index is 11.8. The van der Waals surface area contributed by atoms with Crippen LogP contribution in [0.1, 0.15) is 27.2 Å². The molecule has 7 heteroatoms. The van der Waals surface area contributed by atoms with Gasteiger partial charge in [0.15, 0.2) is 10.8 Å². The topological polar surface area (TPSA) is 82.5 Å². The fraction of sp³-hybridized carbons (Fsp3) is 0.500. The van der Waals surface area contributed by atoms with Crippen LogP contribution in [-0.4, -0.2) is 38.0 Å². The largest absolute Gasteiger partial charge is 0.465 e. The Labute approximate surface area is 128 Å². The molecule has 0 fully saturated rings. The van der Waals surface area contributed by atoms with Crippen LogP contribution in [0.15, 0.2) is 29.6 Å². The van der Waals surface area contributed by atoms with Crippen LogP contribution in [0, 0.1) is 0 Å². The molecule has 2 heterocycles. The second kappa shape index (κ2) is 6.44. The van der Waals surface area contributed by atoms with Gasteiger partial charge in [-0.1, -0.05) is 24.8 Å². The average Bonchev–Trinajstić information content (AvgIpc) is 2.82. The summed E-state index contributed by atoms with van der Waals surface area (Å²) in [5.41, 5.74) is 5.86. The molecule has 2 aromatic heterocycles. The van der Waals surface area contributed by atoms with Gasteiger partial charge in [-0.25, -0.2) is 0 Å². The summed E-state index contributed by atoms with van der Waals surface area (Å²) in [5.74, 6) is -0.372. The van der Waals surface area contributed by atoms with E-state index in [1.54, 1.807) is 25.6 Å². The molecule has 2 rings (SSSR count). The van der Waals surface area contributed by atoms with Crippen molar-refractivity contribution in [1.82, 2.24) is 14.6 Å². The van der Waals surface area contributed by atoms with Crippen LogP contribution >= 0.6 is 11.8 Å². The minimum Gasteiger partial charge on any atom is -0.465 e. The number of carbonyl (C=O) groups is 1. The molecule has 0 spiro atoms. The van der Waals surface area contributed by atoms with Crippen molar-refractivity contribution in [2.24, 2.45) is 5.73 Å². The highest BCUT2D eigenvalue weighted by molar-refractivity contribution is 7.99. The Kier molecular flexibility index (Phi) is 4.84. The molecular formula is C14H20N4O2S. The van der Waals surface area contributed by atoms with E-state index in [4.69, 9.17) is 10.5 Å². The van der Waals surface area contributed by atoms with E-state index >= 15 is 0 Å². The van der Waals surface area contributed by atoms with Gasteiger partial charge in [-0.3, -0.25) is 9.20 Å². The Balaban J connectivity index is 2.04. The zero-order valence-electron chi connectivity index (χ0n) is 12.4. The van der Waals surface area contributed by atoms with E-state index in [0.717, 1.165) is 10.8 Å². The molecule has 114 valence electrons. The van der Waals surface area contributed by atoms with E-state index in [1.165, 1.54) is 0 Å². The molecule has 0 aliphatic carbocycles. The first-order valence-corrected chi connectivity index (χ1v) is 7.74. The number of carbonyl (C=O) groups excluding carboxylic acids is 1. The summed E-state index contributed by atoms with van der Waals surface area (Å²) >= 11 is 1.54. The highest BCUT2D eigenvalue weighted by Crippen LogP contribution is 2.27. The highest BCUT2D eigenvalue weighted by Gasteiger charge is 2.32. The lowest BCUT2D eigenvalue weighted by Gasteiger charge is -2.25. The van der Waals surface area contributed by atoms with Crippen molar-refractivity contribution >= 4 is 23.4 Å². The van der Waals surface area contributed by atoms with E-state index in [0.29, 0.717) is 13.0 Å². The molecule has 2 unspecified atom stereocenters. The molecule has 0 bridgehead atoms. The number of hydrogen-bond donors (Lipinski definition) is 1. The van der Waals surface area contributed by atoms with Crippen molar-refractivity contribution in [2.75, 3.05) is 6.61 Å². The molecule has 2 N–H and O–H groups in total. The Bertz CT molecular complexity index is 626. The zero-order valence-corrected chi connectivity index (χ0v) is 13.3. The lowest BCUT2D eigenvalue weighted by molar-refractivity contribution is -0.149. The molecule has 2 atom stereocenters. The first-order chi connectivity index (χ1) is 9.94. The minimum absolute atomic E-state index is 0.108. The van der Waals surface area contributed by atoms with Crippen LogP contribution in [0.25, 0.3) is 5.65 Å². The Hall–Kier alpha value is -1.60. The molecule has 0 radical (unpaired) electrons. The van der Waals surface area contributed by atoms with Gasteiger partial charge >= 0.3 is 5.97 Å². The summed E-state index contributed by atoms with van der Waals surface area (Å²) in [6.45, 7) is 5.82. The van der Waals surface area contributed by atoms with E-state index < -0.39 is 5.54 Å². The fourth-order valence-corrected chi connectivity index (χ4v) is 3.24. The van der Waals surface area contributed by atoms with Crippen molar-refractivity contribution in [3.63, 3.8) is 0 Å². The summed E-state index contributed by atoms with van der Waals surface area (Å²) in [7, 11) is 0. The lowest BCUT2D eigenvalue weighted by atomic mass is 9.98. The Morgan fingerprint density at radius 1 is 1.52 bits per heavy atom. The smallest absolute Gasteiger partial charge is 0.325 e. The van der Waals surface area contributed by atoms with Gasteiger partial charge in [0.1, 0.15) is 5.54 Å².